The summed E-state index contributed by atoms with van der Waals surface area (Å²) in [4.78, 5) is 10.4. The van der Waals surface area contributed by atoms with E-state index in [-0.39, 0.29) is 0 Å². The van der Waals surface area contributed by atoms with E-state index in [0.29, 0.717) is 6.42 Å². The quantitative estimate of drug-likeness (QED) is 0.192. The zero-order chi connectivity index (χ0) is 20.0. The molecular weight excluding hydrogens is 334 g/mol. The fourth-order valence-corrected chi connectivity index (χ4v) is 3.58. The molecule has 0 aliphatic heterocycles. The SMILES string of the molecule is CC(C)CCCCCCCCCCNCCCCCCCCCCC(=O)O. The molecule has 0 aromatic rings. The Bertz CT molecular complexity index is 305. The van der Waals surface area contributed by atoms with E-state index in [2.05, 4.69) is 19.2 Å². The van der Waals surface area contributed by atoms with Gasteiger partial charge in [0.1, 0.15) is 0 Å². The Hall–Kier alpha value is -0.570. The van der Waals surface area contributed by atoms with Crippen LogP contribution in [0, 0.1) is 5.92 Å². The third kappa shape index (κ3) is 25.4. The van der Waals surface area contributed by atoms with Gasteiger partial charge in [-0.15, -0.1) is 0 Å². The van der Waals surface area contributed by atoms with Gasteiger partial charge < -0.3 is 10.4 Å². The number of hydrogen-bond acceptors (Lipinski definition) is 2. The molecule has 0 aromatic carbocycles. The first-order valence-electron chi connectivity index (χ1n) is 12.1. The van der Waals surface area contributed by atoms with E-state index in [1.807, 2.05) is 0 Å². The van der Waals surface area contributed by atoms with Crippen LogP contribution in [0.5, 0.6) is 0 Å². The van der Waals surface area contributed by atoms with Gasteiger partial charge in [0, 0.05) is 6.42 Å². The highest BCUT2D eigenvalue weighted by Crippen LogP contribution is 2.12. The Balaban J connectivity index is 3.00. The highest BCUT2D eigenvalue weighted by Gasteiger charge is 1.97. The molecule has 0 atom stereocenters. The Morgan fingerprint density at radius 1 is 0.630 bits per heavy atom. The Labute approximate surface area is 170 Å². The molecule has 0 saturated heterocycles. The second kappa shape index (κ2) is 21.7. The van der Waals surface area contributed by atoms with Crippen molar-refractivity contribution in [3.05, 3.63) is 0 Å². The van der Waals surface area contributed by atoms with Crippen LogP contribution in [-0.4, -0.2) is 24.2 Å². The summed E-state index contributed by atoms with van der Waals surface area (Å²) in [5.41, 5.74) is 0. The molecule has 0 rings (SSSR count). The summed E-state index contributed by atoms with van der Waals surface area (Å²) >= 11 is 0. The second-order valence-corrected chi connectivity index (χ2v) is 8.73. The van der Waals surface area contributed by atoms with Gasteiger partial charge in [-0.05, 0) is 38.3 Å². The van der Waals surface area contributed by atoms with Gasteiger partial charge in [-0.2, -0.15) is 0 Å². The average Bonchev–Trinajstić information content (AvgIpc) is 2.62. The summed E-state index contributed by atoms with van der Waals surface area (Å²) in [6.45, 7) is 7.01. The van der Waals surface area contributed by atoms with Crippen molar-refractivity contribution in [2.75, 3.05) is 13.1 Å². The third-order valence-corrected chi connectivity index (χ3v) is 5.38. The monoisotopic (exact) mass is 383 g/mol. The molecule has 0 aromatic heterocycles. The van der Waals surface area contributed by atoms with Crippen molar-refractivity contribution >= 4 is 5.97 Å². The van der Waals surface area contributed by atoms with Crippen molar-refractivity contribution in [1.82, 2.24) is 5.32 Å². The van der Waals surface area contributed by atoms with E-state index < -0.39 is 5.97 Å². The summed E-state index contributed by atoms with van der Waals surface area (Å²) in [5, 5.41) is 12.2. The molecular formula is C24H49NO2. The molecule has 0 spiro atoms. The second-order valence-electron chi connectivity index (χ2n) is 8.73. The lowest BCUT2D eigenvalue weighted by Crippen LogP contribution is -2.16. The fourth-order valence-electron chi connectivity index (χ4n) is 3.58. The first kappa shape index (κ1) is 26.4. The zero-order valence-electron chi connectivity index (χ0n) is 18.6. The van der Waals surface area contributed by atoms with Crippen LogP contribution in [0.2, 0.25) is 0 Å². The topological polar surface area (TPSA) is 49.3 Å². The summed E-state index contributed by atoms with van der Waals surface area (Å²) in [7, 11) is 0. The molecule has 0 saturated carbocycles. The van der Waals surface area contributed by atoms with Gasteiger partial charge in [-0.3, -0.25) is 4.79 Å². The highest BCUT2D eigenvalue weighted by atomic mass is 16.4. The summed E-state index contributed by atoms with van der Waals surface area (Å²) in [6.07, 6.45) is 22.7. The number of carboxylic acid groups (broad SMARTS) is 1. The molecule has 3 heteroatoms. The lowest BCUT2D eigenvalue weighted by molar-refractivity contribution is -0.137. The normalized spacial score (nSPS) is 11.4. The largest absolute Gasteiger partial charge is 0.481 e. The maximum Gasteiger partial charge on any atom is 0.303 e. The average molecular weight is 384 g/mol. The maximum absolute atomic E-state index is 10.4. The molecule has 162 valence electrons. The number of carboxylic acids is 1. The van der Waals surface area contributed by atoms with Gasteiger partial charge >= 0.3 is 5.97 Å². The number of aliphatic carboxylic acids is 1. The van der Waals surface area contributed by atoms with Gasteiger partial charge in [0.2, 0.25) is 0 Å². The molecule has 0 amide bonds. The predicted octanol–water partition coefficient (Wildman–Crippen LogP) is 7.34. The van der Waals surface area contributed by atoms with Crippen molar-refractivity contribution in [2.24, 2.45) is 5.92 Å². The van der Waals surface area contributed by atoms with Crippen LogP contribution in [0.1, 0.15) is 129 Å². The van der Waals surface area contributed by atoms with Crippen LogP contribution >= 0.6 is 0 Å². The molecule has 0 aliphatic rings. The van der Waals surface area contributed by atoms with E-state index in [0.717, 1.165) is 18.8 Å². The van der Waals surface area contributed by atoms with Crippen molar-refractivity contribution in [1.29, 1.82) is 0 Å². The van der Waals surface area contributed by atoms with Crippen LogP contribution in [-0.2, 0) is 4.79 Å². The van der Waals surface area contributed by atoms with E-state index in [1.54, 1.807) is 0 Å². The van der Waals surface area contributed by atoms with Crippen molar-refractivity contribution in [2.45, 2.75) is 129 Å². The van der Waals surface area contributed by atoms with E-state index in [9.17, 15) is 4.79 Å². The fraction of sp³-hybridized carbons (Fsp3) is 0.958. The van der Waals surface area contributed by atoms with Crippen LogP contribution in [0.25, 0.3) is 0 Å². The number of hydrogen-bond donors (Lipinski definition) is 2. The third-order valence-electron chi connectivity index (χ3n) is 5.38. The minimum absolute atomic E-state index is 0.337. The summed E-state index contributed by atoms with van der Waals surface area (Å²) in [6, 6.07) is 0. The number of carbonyl (C=O) groups is 1. The standard InChI is InChI=1S/C24H49NO2/c1-23(2)19-15-11-7-3-5-9-13-17-21-25-22-18-14-10-6-4-8-12-16-20-24(26)27/h23,25H,3-22H2,1-2H3,(H,26,27). The minimum Gasteiger partial charge on any atom is -0.481 e. The van der Waals surface area contributed by atoms with Crippen LogP contribution in [0.4, 0.5) is 0 Å². The first-order chi connectivity index (χ1) is 13.1. The molecule has 0 fully saturated rings. The molecule has 3 nitrogen and oxygen atoms in total. The maximum atomic E-state index is 10.4. The van der Waals surface area contributed by atoms with E-state index in [4.69, 9.17) is 5.11 Å². The molecule has 0 bridgehead atoms. The Kier molecular flexibility index (Phi) is 21.3. The molecule has 0 aliphatic carbocycles. The molecule has 27 heavy (non-hydrogen) atoms. The molecule has 0 unspecified atom stereocenters. The lowest BCUT2D eigenvalue weighted by atomic mass is 10.0. The Morgan fingerprint density at radius 3 is 1.41 bits per heavy atom. The van der Waals surface area contributed by atoms with Gasteiger partial charge in [0.25, 0.3) is 0 Å². The van der Waals surface area contributed by atoms with Crippen molar-refractivity contribution in [3.8, 4) is 0 Å². The summed E-state index contributed by atoms with van der Waals surface area (Å²) in [5.74, 6) is 0.217. The minimum atomic E-state index is -0.657. The van der Waals surface area contributed by atoms with Crippen molar-refractivity contribution < 1.29 is 9.90 Å². The zero-order valence-corrected chi connectivity index (χ0v) is 18.6. The molecule has 0 radical (unpaired) electrons. The van der Waals surface area contributed by atoms with Gasteiger partial charge in [-0.1, -0.05) is 104 Å². The van der Waals surface area contributed by atoms with Gasteiger partial charge in [-0.25, -0.2) is 0 Å². The van der Waals surface area contributed by atoms with E-state index >= 15 is 0 Å². The van der Waals surface area contributed by atoms with Gasteiger partial charge in [0.15, 0.2) is 0 Å². The van der Waals surface area contributed by atoms with Crippen molar-refractivity contribution in [3.63, 3.8) is 0 Å². The Morgan fingerprint density at radius 2 is 1.00 bits per heavy atom. The van der Waals surface area contributed by atoms with Crippen LogP contribution in [0.15, 0.2) is 0 Å². The first-order valence-corrected chi connectivity index (χ1v) is 12.1. The molecule has 2 N–H and O–H groups in total. The van der Waals surface area contributed by atoms with Gasteiger partial charge in [0.05, 0.1) is 0 Å². The molecule has 0 heterocycles. The summed E-state index contributed by atoms with van der Waals surface area (Å²) < 4.78 is 0. The number of nitrogens with one attached hydrogen (secondary N) is 1. The van der Waals surface area contributed by atoms with E-state index in [1.165, 1.54) is 109 Å². The number of unbranched alkanes of at least 4 members (excludes halogenated alkanes) is 14. The lowest BCUT2D eigenvalue weighted by Gasteiger charge is -2.06. The smallest absolute Gasteiger partial charge is 0.303 e. The van der Waals surface area contributed by atoms with Crippen LogP contribution in [0.3, 0.4) is 0 Å². The number of rotatable bonds is 22. The highest BCUT2D eigenvalue weighted by molar-refractivity contribution is 5.66. The van der Waals surface area contributed by atoms with Crippen LogP contribution < -0.4 is 5.32 Å². The predicted molar refractivity (Wildman–Crippen MR) is 118 cm³/mol.